The van der Waals surface area contributed by atoms with Crippen molar-refractivity contribution in [2.75, 3.05) is 0 Å². The summed E-state index contributed by atoms with van der Waals surface area (Å²) < 4.78 is 44.2. The van der Waals surface area contributed by atoms with Gasteiger partial charge in [-0.25, -0.2) is 13.1 Å². The maximum atomic E-state index is 11.0. The zero-order chi connectivity index (χ0) is 9.94. The summed E-state index contributed by atoms with van der Waals surface area (Å²) in [6.45, 7) is 2.18. The fourth-order valence-electron chi connectivity index (χ4n) is 0.340. The van der Waals surface area contributed by atoms with Gasteiger partial charge in [-0.3, -0.25) is 0 Å². The van der Waals surface area contributed by atoms with Crippen molar-refractivity contribution in [2.45, 2.75) is 19.9 Å². The van der Waals surface area contributed by atoms with Crippen LogP contribution in [0.25, 0.3) is 0 Å². The maximum Gasteiger partial charge on any atom is 0.233 e. The van der Waals surface area contributed by atoms with Crippen LogP contribution >= 0.6 is 0 Å². The Morgan fingerprint density at radius 2 is 2.44 bits per heavy atom. The molecule has 0 amide bonds. The first kappa shape index (κ1) is 4.46. The molecule has 0 aromatic carbocycles. The van der Waals surface area contributed by atoms with Crippen LogP contribution < -0.4 is 4.72 Å². The molecule has 0 spiro atoms. The van der Waals surface area contributed by atoms with Gasteiger partial charge in [-0.05, 0) is 13.8 Å². The van der Waals surface area contributed by atoms with E-state index in [9.17, 15) is 8.42 Å². The lowest BCUT2D eigenvalue weighted by atomic mass is 10.4. The van der Waals surface area contributed by atoms with Gasteiger partial charge >= 0.3 is 0 Å². The largest absolute Gasteiger partial charge is 0.233 e. The van der Waals surface area contributed by atoms with E-state index < -0.39 is 21.9 Å². The Morgan fingerprint density at radius 1 is 1.89 bits per heavy atom. The van der Waals surface area contributed by atoms with Crippen LogP contribution in [0.2, 0.25) is 0 Å². The van der Waals surface area contributed by atoms with Gasteiger partial charge < -0.3 is 0 Å². The fraction of sp³-hybridized carbons (Fsp3) is 0.600. The number of rotatable bonds is 3. The molecule has 54 valence electrons. The van der Waals surface area contributed by atoms with E-state index in [4.69, 9.17) is 4.11 Å². The van der Waals surface area contributed by atoms with Crippen molar-refractivity contribution in [2.24, 2.45) is 0 Å². The molecule has 0 radical (unpaired) electrons. The van der Waals surface area contributed by atoms with Crippen molar-refractivity contribution in [3.8, 4) is 0 Å². The SMILES string of the molecule is [2H]C([2H])=C([2H])S(=O)(=O)NC(C)C. The van der Waals surface area contributed by atoms with Gasteiger partial charge in [0.2, 0.25) is 10.0 Å². The van der Waals surface area contributed by atoms with Crippen LogP contribution in [-0.4, -0.2) is 14.5 Å². The van der Waals surface area contributed by atoms with E-state index in [2.05, 4.69) is 4.72 Å². The smallest absolute Gasteiger partial charge is 0.209 e. The molecule has 0 rings (SSSR count). The lowest BCUT2D eigenvalue weighted by Crippen LogP contribution is -2.27. The maximum absolute atomic E-state index is 11.0. The Hall–Kier alpha value is -0.350. The van der Waals surface area contributed by atoms with Crippen molar-refractivity contribution >= 4 is 10.0 Å². The molecule has 0 saturated heterocycles. The number of sulfonamides is 1. The van der Waals surface area contributed by atoms with Gasteiger partial charge in [0.1, 0.15) is 0 Å². The van der Waals surface area contributed by atoms with E-state index in [-0.39, 0.29) is 6.04 Å². The number of nitrogens with one attached hydrogen (secondary N) is 1. The van der Waals surface area contributed by atoms with E-state index in [1.165, 1.54) is 0 Å². The minimum Gasteiger partial charge on any atom is -0.209 e. The standard InChI is InChI=1S/C5H11NO2S/c1-4-9(7,8)6-5(2)3/h4-6H,1H2,2-3H3/i1D2,4D. The third-order valence-electron chi connectivity index (χ3n) is 0.525. The summed E-state index contributed by atoms with van der Waals surface area (Å²) in [5.41, 5.74) is 0. The van der Waals surface area contributed by atoms with Gasteiger partial charge in [-0.1, -0.05) is 6.53 Å². The summed E-state index contributed by atoms with van der Waals surface area (Å²) >= 11 is 0. The third kappa shape index (κ3) is 4.17. The van der Waals surface area contributed by atoms with E-state index in [0.29, 0.717) is 0 Å². The Balaban J connectivity index is 4.78. The minimum absolute atomic E-state index is 0.338. The molecule has 0 saturated carbocycles. The lowest BCUT2D eigenvalue weighted by Gasteiger charge is -2.03. The highest BCUT2D eigenvalue weighted by molar-refractivity contribution is 7.92. The minimum atomic E-state index is -3.94. The highest BCUT2D eigenvalue weighted by atomic mass is 32.2. The number of hydrogen-bond donors (Lipinski definition) is 1. The highest BCUT2D eigenvalue weighted by Gasteiger charge is 2.03. The topological polar surface area (TPSA) is 46.2 Å². The van der Waals surface area contributed by atoms with Gasteiger partial charge in [0.15, 0.2) is 0 Å². The van der Waals surface area contributed by atoms with Crippen molar-refractivity contribution in [3.63, 3.8) is 0 Å². The van der Waals surface area contributed by atoms with Gasteiger partial charge in [0, 0.05) is 11.4 Å². The quantitative estimate of drug-likeness (QED) is 0.638. The highest BCUT2D eigenvalue weighted by Crippen LogP contribution is 1.86. The first-order valence-electron chi connectivity index (χ1n) is 3.93. The molecular formula is C5H11NO2S. The molecule has 0 aliphatic carbocycles. The molecule has 0 bridgehead atoms. The second-order valence-corrected chi connectivity index (χ2v) is 3.32. The van der Waals surface area contributed by atoms with Crippen LogP contribution in [-0.2, 0) is 10.0 Å². The first-order chi connectivity index (χ1) is 5.27. The molecule has 0 fully saturated rings. The van der Waals surface area contributed by atoms with Gasteiger partial charge in [-0.2, -0.15) is 0 Å². The van der Waals surface area contributed by atoms with Gasteiger partial charge in [0.25, 0.3) is 0 Å². The van der Waals surface area contributed by atoms with Crippen LogP contribution in [0.1, 0.15) is 18.0 Å². The van der Waals surface area contributed by atoms with Crippen LogP contribution in [0.5, 0.6) is 0 Å². The lowest BCUT2D eigenvalue weighted by molar-refractivity contribution is 0.579. The average molecular weight is 152 g/mol. The van der Waals surface area contributed by atoms with Crippen LogP contribution in [0.15, 0.2) is 11.9 Å². The molecule has 1 N–H and O–H groups in total. The first-order valence-corrected chi connectivity index (χ1v) is 3.92. The van der Waals surface area contributed by atoms with E-state index >= 15 is 0 Å². The Morgan fingerprint density at radius 3 is 2.78 bits per heavy atom. The van der Waals surface area contributed by atoms with Crippen molar-refractivity contribution in [1.29, 1.82) is 0 Å². The summed E-state index contributed by atoms with van der Waals surface area (Å²) in [5, 5.41) is -1.00. The molecule has 0 unspecified atom stereocenters. The Bertz CT molecular complexity index is 279. The molecule has 3 nitrogen and oxygen atoms in total. The fourth-order valence-corrected chi connectivity index (χ4v) is 1.02. The molecule has 0 aliphatic heterocycles. The van der Waals surface area contributed by atoms with Crippen molar-refractivity contribution < 1.29 is 12.5 Å². The summed E-state index contributed by atoms with van der Waals surface area (Å²) in [5.74, 6) is 0. The molecule has 0 atom stereocenters. The van der Waals surface area contributed by atoms with Gasteiger partial charge in [0.05, 0.1) is 4.11 Å². The van der Waals surface area contributed by atoms with Crippen molar-refractivity contribution in [1.82, 2.24) is 4.72 Å². The summed E-state index contributed by atoms with van der Waals surface area (Å²) in [6.07, 6.45) is 0. The molecule has 4 heteroatoms. The zero-order valence-corrected chi connectivity index (χ0v) is 6.12. The number of hydrogen-bond acceptors (Lipinski definition) is 2. The molecule has 0 aromatic rings. The Kier molecular flexibility index (Phi) is 1.48. The Labute approximate surface area is 60.0 Å². The van der Waals surface area contributed by atoms with Crippen LogP contribution in [0, 0.1) is 0 Å². The third-order valence-corrected chi connectivity index (χ3v) is 1.58. The van der Waals surface area contributed by atoms with Crippen LogP contribution in [0.3, 0.4) is 0 Å². The molecular weight excluding hydrogens is 138 g/mol. The summed E-state index contributed by atoms with van der Waals surface area (Å²) in [7, 11) is -3.94. The second-order valence-electron chi connectivity index (χ2n) is 1.88. The molecule has 0 aliphatic rings. The predicted molar refractivity (Wildman–Crippen MR) is 37.4 cm³/mol. The monoisotopic (exact) mass is 152 g/mol. The van der Waals surface area contributed by atoms with E-state index in [1.807, 2.05) is 0 Å². The van der Waals surface area contributed by atoms with E-state index in [0.717, 1.165) is 0 Å². The second kappa shape index (κ2) is 2.98. The molecule has 9 heavy (non-hydrogen) atoms. The molecule has 0 aromatic heterocycles. The predicted octanol–water partition coefficient (Wildman–Crippen LogP) is 0.458. The van der Waals surface area contributed by atoms with Crippen molar-refractivity contribution in [3.05, 3.63) is 11.9 Å². The zero-order valence-electron chi connectivity index (χ0n) is 8.30. The average Bonchev–Trinajstić information content (AvgIpc) is 1.82. The van der Waals surface area contributed by atoms with Crippen LogP contribution in [0.4, 0.5) is 0 Å². The normalized spacial score (nSPS) is 16.1. The summed E-state index contributed by atoms with van der Waals surface area (Å²) in [4.78, 5) is 0. The van der Waals surface area contributed by atoms with Gasteiger partial charge in [-0.15, -0.1) is 0 Å². The molecule has 0 heterocycles. The van der Waals surface area contributed by atoms with E-state index in [1.54, 1.807) is 13.8 Å². The summed E-state index contributed by atoms with van der Waals surface area (Å²) in [6, 6.07) is -0.338.